The molecule has 3 nitrogen and oxygen atoms in total. The number of benzene rings is 1. The molecule has 0 atom stereocenters. The molecule has 1 heterocycles. The first-order valence-corrected chi connectivity index (χ1v) is 6.54. The largest absolute Gasteiger partial charge is 0.496 e. The van der Waals surface area contributed by atoms with Crippen molar-refractivity contribution in [2.45, 2.75) is 24.7 Å². The standard InChI is InChI=1S/C15H20N2O/c1-17-7-4-12-13(17)8-11(9-14(12)18-2)15(10-16)5-3-6-15/h4,7-9H,3,5-6,10,16H2,1-2H3. The molecule has 1 aliphatic rings. The number of nitrogens with zero attached hydrogens (tertiary/aromatic N) is 1. The van der Waals surface area contributed by atoms with Gasteiger partial charge in [0.25, 0.3) is 0 Å². The maximum Gasteiger partial charge on any atom is 0.128 e. The molecule has 2 aromatic rings. The van der Waals surface area contributed by atoms with Crippen LogP contribution in [-0.4, -0.2) is 18.2 Å². The number of methoxy groups -OCH3 is 1. The summed E-state index contributed by atoms with van der Waals surface area (Å²) in [6.07, 6.45) is 5.75. The first kappa shape index (κ1) is 11.6. The third kappa shape index (κ3) is 1.47. The lowest BCUT2D eigenvalue weighted by Gasteiger charge is -2.41. The summed E-state index contributed by atoms with van der Waals surface area (Å²) in [7, 11) is 3.81. The predicted octanol–water partition coefficient (Wildman–Crippen LogP) is 2.57. The van der Waals surface area contributed by atoms with Crippen molar-refractivity contribution in [1.29, 1.82) is 0 Å². The van der Waals surface area contributed by atoms with Crippen molar-refractivity contribution >= 4 is 10.9 Å². The highest BCUT2D eigenvalue weighted by Gasteiger charge is 2.37. The second-order valence-corrected chi connectivity index (χ2v) is 5.38. The van der Waals surface area contributed by atoms with Crippen molar-refractivity contribution in [2.24, 2.45) is 12.8 Å². The van der Waals surface area contributed by atoms with Crippen LogP contribution < -0.4 is 10.5 Å². The van der Waals surface area contributed by atoms with Gasteiger partial charge >= 0.3 is 0 Å². The fraction of sp³-hybridized carbons (Fsp3) is 0.467. The summed E-state index contributed by atoms with van der Waals surface area (Å²) in [6, 6.07) is 6.56. The van der Waals surface area contributed by atoms with Crippen LogP contribution in [0, 0.1) is 0 Å². The van der Waals surface area contributed by atoms with Crippen molar-refractivity contribution in [1.82, 2.24) is 4.57 Å². The van der Waals surface area contributed by atoms with E-state index in [1.807, 2.05) is 0 Å². The summed E-state index contributed by atoms with van der Waals surface area (Å²) in [5.74, 6) is 0.961. The van der Waals surface area contributed by atoms with E-state index in [4.69, 9.17) is 10.5 Å². The van der Waals surface area contributed by atoms with Crippen LogP contribution in [0.15, 0.2) is 24.4 Å². The van der Waals surface area contributed by atoms with Crippen LogP contribution in [-0.2, 0) is 12.5 Å². The monoisotopic (exact) mass is 244 g/mol. The van der Waals surface area contributed by atoms with Gasteiger partial charge in [-0.05, 0) is 36.6 Å². The van der Waals surface area contributed by atoms with Crippen LogP contribution in [0.4, 0.5) is 0 Å². The molecule has 3 rings (SSSR count). The second-order valence-electron chi connectivity index (χ2n) is 5.38. The highest BCUT2D eigenvalue weighted by molar-refractivity contribution is 5.87. The Kier molecular flexibility index (Phi) is 2.59. The Labute approximate surface area is 108 Å². The van der Waals surface area contributed by atoms with Crippen LogP contribution in [0.1, 0.15) is 24.8 Å². The molecular formula is C15H20N2O. The Bertz CT molecular complexity index is 576. The van der Waals surface area contributed by atoms with E-state index in [1.165, 1.54) is 35.7 Å². The third-order valence-electron chi connectivity index (χ3n) is 4.50. The lowest BCUT2D eigenvalue weighted by molar-refractivity contribution is 0.252. The van der Waals surface area contributed by atoms with Gasteiger partial charge in [-0.1, -0.05) is 6.42 Å². The Morgan fingerprint density at radius 3 is 2.72 bits per heavy atom. The molecule has 2 N–H and O–H groups in total. The van der Waals surface area contributed by atoms with Crippen LogP contribution in [0.2, 0.25) is 0 Å². The zero-order chi connectivity index (χ0) is 12.8. The van der Waals surface area contributed by atoms with E-state index in [-0.39, 0.29) is 5.41 Å². The molecule has 0 amide bonds. The van der Waals surface area contributed by atoms with E-state index in [0.29, 0.717) is 0 Å². The summed E-state index contributed by atoms with van der Waals surface area (Å²) in [5.41, 5.74) is 8.75. The van der Waals surface area contributed by atoms with E-state index in [2.05, 4.69) is 36.0 Å². The normalized spacial score (nSPS) is 17.7. The Hall–Kier alpha value is -1.48. The van der Waals surface area contributed by atoms with Crippen LogP contribution in [0.5, 0.6) is 5.75 Å². The smallest absolute Gasteiger partial charge is 0.128 e. The molecule has 0 aliphatic heterocycles. The molecule has 0 unspecified atom stereocenters. The number of hydrogen-bond donors (Lipinski definition) is 1. The fourth-order valence-electron chi connectivity index (χ4n) is 3.03. The van der Waals surface area contributed by atoms with Crippen molar-refractivity contribution in [3.63, 3.8) is 0 Å². The number of nitrogens with two attached hydrogens (primary N) is 1. The molecule has 1 saturated carbocycles. The first-order valence-electron chi connectivity index (χ1n) is 6.54. The fourth-order valence-corrected chi connectivity index (χ4v) is 3.03. The van der Waals surface area contributed by atoms with Crippen LogP contribution in [0.25, 0.3) is 10.9 Å². The minimum Gasteiger partial charge on any atom is -0.496 e. The van der Waals surface area contributed by atoms with Crippen molar-refractivity contribution in [3.05, 3.63) is 30.0 Å². The summed E-state index contributed by atoms with van der Waals surface area (Å²) < 4.78 is 7.68. The molecule has 96 valence electrons. The molecular weight excluding hydrogens is 224 g/mol. The Morgan fingerprint density at radius 1 is 1.39 bits per heavy atom. The van der Waals surface area contributed by atoms with Gasteiger partial charge in [0.1, 0.15) is 5.75 Å². The second kappa shape index (κ2) is 4.02. The molecule has 1 aliphatic carbocycles. The topological polar surface area (TPSA) is 40.2 Å². The molecule has 1 fully saturated rings. The van der Waals surface area contributed by atoms with E-state index >= 15 is 0 Å². The first-order chi connectivity index (χ1) is 8.70. The maximum absolute atomic E-state index is 6.00. The zero-order valence-corrected chi connectivity index (χ0v) is 11.1. The number of hydrogen-bond acceptors (Lipinski definition) is 2. The highest BCUT2D eigenvalue weighted by Crippen LogP contribution is 2.45. The molecule has 18 heavy (non-hydrogen) atoms. The zero-order valence-electron chi connectivity index (χ0n) is 11.1. The SMILES string of the molecule is COc1cc(C2(CN)CCC2)cc2c1ccn2C. The summed E-state index contributed by atoms with van der Waals surface area (Å²) in [4.78, 5) is 0. The van der Waals surface area contributed by atoms with Gasteiger partial charge in [-0.3, -0.25) is 0 Å². The lowest BCUT2D eigenvalue weighted by atomic mass is 9.64. The number of ether oxygens (including phenoxy) is 1. The average molecular weight is 244 g/mol. The van der Waals surface area contributed by atoms with E-state index in [0.717, 1.165) is 12.3 Å². The van der Waals surface area contributed by atoms with E-state index in [1.54, 1.807) is 7.11 Å². The van der Waals surface area contributed by atoms with Gasteiger partial charge in [-0.25, -0.2) is 0 Å². The molecule has 0 spiro atoms. The highest BCUT2D eigenvalue weighted by atomic mass is 16.5. The molecule has 0 bridgehead atoms. The number of aromatic nitrogens is 1. The molecule has 0 saturated heterocycles. The van der Waals surface area contributed by atoms with Gasteiger partial charge in [-0.2, -0.15) is 0 Å². The number of rotatable bonds is 3. The van der Waals surface area contributed by atoms with Crippen molar-refractivity contribution < 1.29 is 4.74 Å². The Balaban J connectivity index is 2.21. The molecule has 1 aromatic heterocycles. The van der Waals surface area contributed by atoms with E-state index in [9.17, 15) is 0 Å². The minimum atomic E-state index is 0.186. The average Bonchev–Trinajstić information content (AvgIpc) is 2.70. The van der Waals surface area contributed by atoms with Gasteiger partial charge in [0, 0.05) is 30.6 Å². The van der Waals surface area contributed by atoms with Gasteiger partial charge in [0.2, 0.25) is 0 Å². The van der Waals surface area contributed by atoms with Gasteiger partial charge in [0.15, 0.2) is 0 Å². The maximum atomic E-state index is 6.00. The van der Waals surface area contributed by atoms with Gasteiger partial charge < -0.3 is 15.0 Å². The summed E-state index contributed by atoms with van der Waals surface area (Å²) >= 11 is 0. The summed E-state index contributed by atoms with van der Waals surface area (Å²) in [5, 5.41) is 1.18. The summed E-state index contributed by atoms with van der Waals surface area (Å²) in [6.45, 7) is 0.728. The minimum absolute atomic E-state index is 0.186. The number of fused-ring (bicyclic) bond motifs is 1. The van der Waals surface area contributed by atoms with Gasteiger partial charge in [-0.15, -0.1) is 0 Å². The quantitative estimate of drug-likeness (QED) is 0.901. The van der Waals surface area contributed by atoms with Crippen molar-refractivity contribution in [2.75, 3.05) is 13.7 Å². The predicted molar refractivity (Wildman–Crippen MR) is 74.1 cm³/mol. The molecule has 1 aromatic carbocycles. The number of aryl methyl sites for hydroxylation is 1. The van der Waals surface area contributed by atoms with Gasteiger partial charge in [0.05, 0.1) is 12.6 Å². The molecule has 0 radical (unpaired) electrons. The third-order valence-corrected chi connectivity index (χ3v) is 4.50. The lowest BCUT2D eigenvalue weighted by Crippen LogP contribution is -2.41. The van der Waals surface area contributed by atoms with Crippen LogP contribution in [0.3, 0.4) is 0 Å². The molecule has 3 heteroatoms. The van der Waals surface area contributed by atoms with Crippen molar-refractivity contribution in [3.8, 4) is 5.75 Å². The Morgan fingerprint density at radius 2 is 2.17 bits per heavy atom. The van der Waals surface area contributed by atoms with Crippen LogP contribution >= 0.6 is 0 Å². The van der Waals surface area contributed by atoms with E-state index < -0.39 is 0 Å².